The van der Waals surface area contributed by atoms with Gasteiger partial charge in [-0.25, -0.2) is 8.42 Å². The molecule has 2 aromatic rings. The van der Waals surface area contributed by atoms with Crippen LogP contribution in [0.25, 0.3) is 10.8 Å². The van der Waals surface area contributed by atoms with Gasteiger partial charge in [-0.2, -0.15) is 0 Å². The van der Waals surface area contributed by atoms with E-state index in [0.717, 1.165) is 23.6 Å². The Morgan fingerprint density at radius 3 is 1.93 bits per heavy atom. The van der Waals surface area contributed by atoms with Gasteiger partial charge >= 0.3 is 51.4 Å². The van der Waals surface area contributed by atoms with Crippen LogP contribution in [-0.4, -0.2) is 13.0 Å². The van der Waals surface area contributed by atoms with Crippen molar-refractivity contribution in [2.75, 3.05) is 0 Å². The van der Waals surface area contributed by atoms with Gasteiger partial charge in [0.2, 0.25) is 0 Å². The Morgan fingerprint density at radius 2 is 1.36 bits per heavy atom. The van der Waals surface area contributed by atoms with Crippen LogP contribution in [-0.2, 0) is 16.5 Å². The number of hydrogen-bond acceptors (Lipinski definition) is 3. The van der Waals surface area contributed by atoms with Gasteiger partial charge in [0.1, 0.15) is 10.1 Å². The van der Waals surface area contributed by atoms with E-state index in [1.54, 1.807) is 6.07 Å². The zero-order chi connectivity index (χ0) is 19.5. The summed E-state index contributed by atoms with van der Waals surface area (Å²) in [6.07, 6.45) is 15.6. The number of rotatable bonds is 13. The van der Waals surface area contributed by atoms with Gasteiger partial charge in [0.05, 0.1) is 4.90 Å². The molecule has 0 amide bonds. The van der Waals surface area contributed by atoms with Crippen molar-refractivity contribution in [3.8, 4) is 0 Å². The fourth-order valence-electron chi connectivity index (χ4n) is 3.68. The van der Waals surface area contributed by atoms with E-state index in [1.807, 2.05) is 12.1 Å². The molecular formula is C23H33KO3S. The van der Waals surface area contributed by atoms with Crippen molar-refractivity contribution in [1.82, 2.24) is 0 Å². The quantitative estimate of drug-likeness (QED) is 0.278. The Morgan fingerprint density at radius 1 is 0.786 bits per heavy atom. The van der Waals surface area contributed by atoms with E-state index in [2.05, 4.69) is 13.0 Å². The number of aryl methyl sites for hydroxylation is 1. The number of unbranched alkanes of at least 4 members (excludes halogenated alkanes) is 10. The second-order valence-electron chi connectivity index (χ2n) is 7.54. The predicted molar refractivity (Wildman–Crippen MR) is 112 cm³/mol. The van der Waals surface area contributed by atoms with Crippen LogP contribution in [0.2, 0.25) is 0 Å². The topological polar surface area (TPSA) is 57.2 Å². The van der Waals surface area contributed by atoms with E-state index in [1.165, 1.54) is 81.9 Å². The van der Waals surface area contributed by atoms with Crippen molar-refractivity contribution in [2.45, 2.75) is 88.9 Å². The van der Waals surface area contributed by atoms with Gasteiger partial charge < -0.3 is 4.55 Å². The van der Waals surface area contributed by atoms with Crippen LogP contribution in [0.15, 0.2) is 41.3 Å². The molecule has 28 heavy (non-hydrogen) atoms. The van der Waals surface area contributed by atoms with E-state index in [4.69, 9.17) is 0 Å². The fraction of sp³-hybridized carbons (Fsp3) is 0.565. The molecule has 0 saturated heterocycles. The first-order valence-corrected chi connectivity index (χ1v) is 11.9. The molecule has 0 fully saturated rings. The van der Waals surface area contributed by atoms with Crippen molar-refractivity contribution in [3.05, 3.63) is 42.0 Å². The summed E-state index contributed by atoms with van der Waals surface area (Å²) in [6.45, 7) is 2.26. The Balaban J connectivity index is 0.00000392. The maximum absolute atomic E-state index is 11.2. The molecule has 0 aliphatic heterocycles. The van der Waals surface area contributed by atoms with Crippen molar-refractivity contribution in [2.24, 2.45) is 0 Å². The van der Waals surface area contributed by atoms with Gasteiger partial charge in [0.25, 0.3) is 0 Å². The first-order chi connectivity index (χ1) is 13.0. The van der Waals surface area contributed by atoms with Crippen molar-refractivity contribution < 1.29 is 64.4 Å². The Labute approximate surface area is 213 Å². The maximum Gasteiger partial charge on any atom is 1.00 e. The molecule has 150 valence electrons. The summed E-state index contributed by atoms with van der Waals surface area (Å²) in [4.78, 5) is -0.151. The van der Waals surface area contributed by atoms with Crippen molar-refractivity contribution >= 4 is 20.9 Å². The molecule has 0 aromatic heterocycles. The fourth-order valence-corrected chi connectivity index (χ4v) is 4.19. The molecule has 0 bridgehead atoms. The third-order valence-corrected chi connectivity index (χ3v) is 6.11. The minimum atomic E-state index is -4.40. The standard InChI is InChI=1S/C23H34O3S.K/c1-2-3-4-5-6-7-8-9-10-11-12-14-20-15-13-16-21-19-22(27(24,25)26)17-18-23(20)21;/h13,15-19H,2-12,14H2,1H3,(H,24,25,26);/q;+1/p-1. The molecule has 0 N–H and O–H groups in total. The smallest absolute Gasteiger partial charge is 0.744 e. The van der Waals surface area contributed by atoms with Gasteiger partial charge in [0.15, 0.2) is 0 Å². The van der Waals surface area contributed by atoms with E-state index in [-0.39, 0.29) is 56.3 Å². The van der Waals surface area contributed by atoms with Gasteiger partial charge in [-0.1, -0.05) is 95.4 Å². The zero-order valence-corrected chi connectivity index (χ0v) is 21.5. The molecule has 3 nitrogen and oxygen atoms in total. The molecular weight excluding hydrogens is 395 g/mol. The predicted octanol–water partition coefficient (Wildman–Crippen LogP) is 3.60. The number of hydrogen-bond donors (Lipinski definition) is 0. The van der Waals surface area contributed by atoms with Crippen molar-refractivity contribution in [1.29, 1.82) is 0 Å². The first kappa shape index (κ1) is 26.3. The summed E-state index contributed by atoms with van der Waals surface area (Å²) in [5, 5.41) is 1.88. The molecule has 0 atom stereocenters. The second kappa shape index (κ2) is 14.3. The molecule has 0 spiro atoms. The van der Waals surface area contributed by atoms with Crippen LogP contribution in [0.4, 0.5) is 0 Å². The summed E-state index contributed by atoms with van der Waals surface area (Å²) in [5.41, 5.74) is 1.23. The van der Waals surface area contributed by atoms with Crippen LogP contribution >= 0.6 is 0 Å². The normalized spacial score (nSPS) is 11.5. The summed E-state index contributed by atoms with van der Waals surface area (Å²) >= 11 is 0. The zero-order valence-electron chi connectivity index (χ0n) is 17.6. The van der Waals surface area contributed by atoms with Gasteiger partial charge in [-0.05, 0) is 41.3 Å². The molecule has 0 unspecified atom stereocenters. The average molecular weight is 429 g/mol. The molecule has 0 saturated carbocycles. The first-order valence-electron chi connectivity index (χ1n) is 10.5. The van der Waals surface area contributed by atoms with Crippen LogP contribution in [0.1, 0.15) is 83.1 Å². The second-order valence-corrected chi connectivity index (χ2v) is 8.92. The largest absolute Gasteiger partial charge is 1.00 e. The van der Waals surface area contributed by atoms with Gasteiger partial charge in [-0.3, -0.25) is 0 Å². The Bertz CT molecular complexity index is 803. The summed E-state index contributed by atoms with van der Waals surface area (Å²) in [7, 11) is -4.40. The average Bonchev–Trinajstić information content (AvgIpc) is 2.65. The third-order valence-electron chi connectivity index (χ3n) is 5.28. The molecule has 0 aliphatic rings. The van der Waals surface area contributed by atoms with Crippen LogP contribution in [0, 0.1) is 0 Å². The third kappa shape index (κ3) is 9.37. The summed E-state index contributed by atoms with van der Waals surface area (Å²) in [5.74, 6) is 0. The molecule has 2 rings (SSSR count). The van der Waals surface area contributed by atoms with Crippen LogP contribution < -0.4 is 51.4 Å². The molecule has 0 aliphatic carbocycles. The van der Waals surface area contributed by atoms with Crippen molar-refractivity contribution in [3.63, 3.8) is 0 Å². The number of benzene rings is 2. The molecule has 0 heterocycles. The van der Waals surface area contributed by atoms with Gasteiger partial charge in [0, 0.05) is 0 Å². The van der Waals surface area contributed by atoms with Crippen LogP contribution in [0.5, 0.6) is 0 Å². The monoisotopic (exact) mass is 428 g/mol. The summed E-state index contributed by atoms with van der Waals surface area (Å²) < 4.78 is 33.6. The SMILES string of the molecule is CCCCCCCCCCCCCc1cccc2cc(S(=O)(=O)[O-])ccc12.[K+]. The molecule has 0 radical (unpaired) electrons. The van der Waals surface area contributed by atoms with Crippen LogP contribution in [0.3, 0.4) is 0 Å². The Kier molecular flexibility index (Phi) is 13.4. The number of fused-ring (bicyclic) bond motifs is 1. The van der Waals surface area contributed by atoms with E-state index < -0.39 is 10.1 Å². The maximum atomic E-state index is 11.2. The minimum Gasteiger partial charge on any atom is -0.744 e. The Hall–Kier alpha value is 0.246. The van der Waals surface area contributed by atoms with E-state index in [0.29, 0.717) is 0 Å². The molecule has 5 heteroatoms. The van der Waals surface area contributed by atoms with E-state index in [9.17, 15) is 13.0 Å². The molecule has 2 aromatic carbocycles. The van der Waals surface area contributed by atoms with Gasteiger partial charge in [-0.15, -0.1) is 0 Å². The minimum absolute atomic E-state index is 0. The van der Waals surface area contributed by atoms with E-state index >= 15 is 0 Å². The summed E-state index contributed by atoms with van der Waals surface area (Å²) in [6, 6.07) is 10.6.